The zero-order valence-electron chi connectivity index (χ0n) is 10.8. The van der Waals surface area contributed by atoms with E-state index >= 15 is 0 Å². The highest BCUT2D eigenvalue weighted by atomic mass is 16.5. The van der Waals surface area contributed by atoms with Crippen molar-refractivity contribution in [2.45, 2.75) is 25.7 Å². The third-order valence-corrected chi connectivity index (χ3v) is 3.74. The van der Waals surface area contributed by atoms with Crippen LogP contribution < -0.4 is 10.1 Å². The minimum atomic E-state index is -0.240. The third-order valence-electron chi connectivity index (χ3n) is 3.74. The fourth-order valence-corrected chi connectivity index (χ4v) is 2.82. The van der Waals surface area contributed by atoms with Crippen molar-refractivity contribution in [3.8, 4) is 5.75 Å². The summed E-state index contributed by atoms with van der Waals surface area (Å²) >= 11 is 0. The summed E-state index contributed by atoms with van der Waals surface area (Å²) in [6.07, 6.45) is 3.06. The molecule has 1 N–H and O–H groups in total. The minimum Gasteiger partial charge on any atom is -0.497 e. The first kappa shape index (κ1) is 12.0. The van der Waals surface area contributed by atoms with Gasteiger partial charge in [0.15, 0.2) is 0 Å². The highest BCUT2D eigenvalue weighted by Crippen LogP contribution is 2.37. The Kier molecular flexibility index (Phi) is 2.85. The number of amides is 2. The van der Waals surface area contributed by atoms with Gasteiger partial charge in [-0.05, 0) is 48.1 Å². The van der Waals surface area contributed by atoms with Gasteiger partial charge in [-0.15, -0.1) is 0 Å². The number of ether oxygens (including phenoxy) is 1. The van der Waals surface area contributed by atoms with Crippen LogP contribution in [0.5, 0.6) is 5.75 Å². The molecule has 1 aromatic carbocycles. The SMILES string of the molecule is COc1ccc2c(c1)C(=C1CC(=O)NC1=O)CCC2. The van der Waals surface area contributed by atoms with Crippen molar-refractivity contribution in [2.75, 3.05) is 7.11 Å². The number of fused-ring (bicyclic) bond motifs is 1. The van der Waals surface area contributed by atoms with Gasteiger partial charge in [-0.3, -0.25) is 14.9 Å². The average Bonchev–Trinajstić information content (AvgIpc) is 2.76. The molecule has 4 heteroatoms. The van der Waals surface area contributed by atoms with Gasteiger partial charge in [-0.1, -0.05) is 6.07 Å². The normalized spacial score (nSPS) is 22.2. The minimum absolute atomic E-state index is 0.199. The van der Waals surface area contributed by atoms with Crippen molar-refractivity contribution >= 4 is 17.4 Å². The first-order valence-corrected chi connectivity index (χ1v) is 6.42. The Morgan fingerprint density at radius 1 is 1.16 bits per heavy atom. The van der Waals surface area contributed by atoms with Crippen LogP contribution in [-0.4, -0.2) is 18.9 Å². The molecule has 0 saturated carbocycles. The molecule has 1 aliphatic carbocycles. The molecule has 1 saturated heterocycles. The van der Waals surface area contributed by atoms with Gasteiger partial charge >= 0.3 is 0 Å². The summed E-state index contributed by atoms with van der Waals surface area (Å²) in [5.74, 6) is 0.335. The molecule has 0 spiro atoms. The van der Waals surface area contributed by atoms with Crippen LogP contribution in [-0.2, 0) is 16.0 Å². The molecule has 0 atom stereocenters. The number of allylic oxidation sites excluding steroid dienone is 1. The number of imide groups is 1. The Hall–Kier alpha value is -2.10. The molecule has 98 valence electrons. The highest BCUT2D eigenvalue weighted by Gasteiger charge is 2.29. The van der Waals surface area contributed by atoms with Crippen LogP contribution in [0.3, 0.4) is 0 Å². The smallest absolute Gasteiger partial charge is 0.254 e. The Bertz CT molecular complexity index is 601. The fraction of sp³-hybridized carbons (Fsp3) is 0.333. The van der Waals surface area contributed by atoms with E-state index in [4.69, 9.17) is 4.74 Å². The van der Waals surface area contributed by atoms with E-state index < -0.39 is 0 Å². The molecule has 2 amide bonds. The molecule has 0 aromatic heterocycles. The van der Waals surface area contributed by atoms with Crippen LogP contribution in [0.25, 0.3) is 5.57 Å². The predicted molar refractivity (Wildman–Crippen MR) is 70.6 cm³/mol. The molecule has 1 aromatic rings. The molecule has 0 bridgehead atoms. The highest BCUT2D eigenvalue weighted by molar-refractivity contribution is 6.17. The van der Waals surface area contributed by atoms with Gasteiger partial charge in [-0.2, -0.15) is 0 Å². The number of methoxy groups -OCH3 is 1. The molecule has 1 fully saturated rings. The number of aryl methyl sites for hydroxylation is 1. The van der Waals surface area contributed by atoms with Crippen molar-refractivity contribution in [3.05, 3.63) is 34.9 Å². The van der Waals surface area contributed by atoms with Crippen LogP contribution in [0.15, 0.2) is 23.8 Å². The van der Waals surface area contributed by atoms with E-state index in [2.05, 4.69) is 5.32 Å². The molecule has 0 unspecified atom stereocenters. The van der Waals surface area contributed by atoms with E-state index in [1.807, 2.05) is 18.2 Å². The average molecular weight is 257 g/mol. The van der Waals surface area contributed by atoms with Crippen LogP contribution >= 0.6 is 0 Å². The fourth-order valence-electron chi connectivity index (χ4n) is 2.82. The zero-order chi connectivity index (χ0) is 13.4. The summed E-state index contributed by atoms with van der Waals surface area (Å²) < 4.78 is 5.25. The van der Waals surface area contributed by atoms with Gasteiger partial charge in [0.05, 0.1) is 13.5 Å². The van der Waals surface area contributed by atoms with Crippen molar-refractivity contribution in [1.29, 1.82) is 0 Å². The van der Waals surface area contributed by atoms with Gasteiger partial charge in [-0.25, -0.2) is 0 Å². The lowest BCUT2D eigenvalue weighted by molar-refractivity contribution is -0.124. The molecule has 1 heterocycles. The molecule has 3 rings (SSSR count). The van der Waals surface area contributed by atoms with E-state index in [-0.39, 0.29) is 18.2 Å². The molecule has 4 nitrogen and oxygen atoms in total. The summed E-state index contributed by atoms with van der Waals surface area (Å²) in [7, 11) is 1.63. The van der Waals surface area contributed by atoms with Crippen molar-refractivity contribution < 1.29 is 14.3 Å². The molecule has 0 radical (unpaired) electrons. The van der Waals surface area contributed by atoms with Crippen LogP contribution in [0.4, 0.5) is 0 Å². The predicted octanol–water partition coefficient (Wildman–Crippen LogP) is 1.83. The number of rotatable bonds is 1. The molecule has 2 aliphatic rings. The molecular weight excluding hydrogens is 242 g/mol. The van der Waals surface area contributed by atoms with Crippen LogP contribution in [0.2, 0.25) is 0 Å². The van der Waals surface area contributed by atoms with E-state index in [1.165, 1.54) is 5.56 Å². The van der Waals surface area contributed by atoms with Gasteiger partial charge < -0.3 is 4.74 Å². The summed E-state index contributed by atoms with van der Waals surface area (Å²) in [6.45, 7) is 0. The van der Waals surface area contributed by atoms with Crippen molar-refractivity contribution in [2.24, 2.45) is 0 Å². The lowest BCUT2D eigenvalue weighted by Gasteiger charge is -2.21. The first-order chi connectivity index (χ1) is 9.19. The summed E-state index contributed by atoms with van der Waals surface area (Å²) in [6, 6.07) is 5.95. The lowest BCUT2D eigenvalue weighted by atomic mass is 9.84. The standard InChI is InChI=1S/C15H15NO3/c1-19-10-6-5-9-3-2-4-11(12(9)7-10)13-8-14(17)16-15(13)18/h5-7H,2-4,8H2,1H3,(H,16,17,18). The maximum Gasteiger partial charge on any atom is 0.254 e. The van der Waals surface area contributed by atoms with Gasteiger partial charge in [0.25, 0.3) is 5.91 Å². The Labute approximate surface area is 111 Å². The second-order valence-electron chi connectivity index (χ2n) is 4.89. The second kappa shape index (κ2) is 4.53. The topological polar surface area (TPSA) is 55.4 Å². The van der Waals surface area contributed by atoms with Crippen molar-refractivity contribution in [3.63, 3.8) is 0 Å². The Balaban J connectivity index is 2.14. The van der Waals surface area contributed by atoms with E-state index in [0.717, 1.165) is 36.1 Å². The quantitative estimate of drug-likeness (QED) is 0.617. The maximum atomic E-state index is 11.8. The molecule has 19 heavy (non-hydrogen) atoms. The second-order valence-corrected chi connectivity index (χ2v) is 4.89. The zero-order valence-corrected chi connectivity index (χ0v) is 10.8. The van der Waals surface area contributed by atoms with Crippen molar-refractivity contribution in [1.82, 2.24) is 5.32 Å². The Morgan fingerprint density at radius 2 is 2.00 bits per heavy atom. The summed E-state index contributed by atoms with van der Waals surface area (Å²) in [4.78, 5) is 23.2. The number of hydrogen-bond donors (Lipinski definition) is 1. The number of nitrogens with one attached hydrogen (secondary N) is 1. The summed E-state index contributed by atoms with van der Waals surface area (Å²) in [5, 5.41) is 2.36. The number of hydrogen-bond acceptors (Lipinski definition) is 3. The number of benzene rings is 1. The summed E-state index contributed by atoms with van der Waals surface area (Å²) in [5.41, 5.74) is 3.91. The monoisotopic (exact) mass is 257 g/mol. The van der Waals surface area contributed by atoms with Gasteiger partial charge in [0.1, 0.15) is 5.75 Å². The molecule has 1 aliphatic heterocycles. The van der Waals surface area contributed by atoms with Gasteiger partial charge in [0, 0.05) is 5.57 Å². The van der Waals surface area contributed by atoms with Gasteiger partial charge in [0.2, 0.25) is 5.91 Å². The lowest BCUT2D eigenvalue weighted by Crippen LogP contribution is -2.20. The number of carbonyl (C=O) groups excluding carboxylic acids is 2. The molecular formula is C15H15NO3. The maximum absolute atomic E-state index is 11.8. The number of carbonyl (C=O) groups is 2. The van der Waals surface area contributed by atoms with Crippen LogP contribution in [0.1, 0.15) is 30.4 Å². The van der Waals surface area contributed by atoms with E-state index in [9.17, 15) is 9.59 Å². The Morgan fingerprint density at radius 3 is 2.68 bits per heavy atom. The van der Waals surface area contributed by atoms with Crippen LogP contribution in [0, 0.1) is 0 Å². The first-order valence-electron chi connectivity index (χ1n) is 6.42. The van der Waals surface area contributed by atoms with E-state index in [1.54, 1.807) is 7.11 Å². The largest absolute Gasteiger partial charge is 0.497 e. The third kappa shape index (κ3) is 2.03. The van der Waals surface area contributed by atoms with E-state index in [0.29, 0.717) is 5.57 Å².